The van der Waals surface area contributed by atoms with Gasteiger partial charge in [-0.05, 0) is 45.0 Å². The maximum atomic E-state index is 11.9. The van der Waals surface area contributed by atoms with E-state index in [-0.39, 0.29) is 5.91 Å². The molecule has 0 radical (unpaired) electrons. The van der Waals surface area contributed by atoms with E-state index in [1.165, 1.54) is 6.92 Å². The average molecular weight is 270 g/mol. The van der Waals surface area contributed by atoms with Gasteiger partial charge >= 0.3 is 0 Å². The lowest BCUT2D eigenvalue weighted by Crippen LogP contribution is -2.33. The Kier molecular flexibility index (Phi) is 4.01. The lowest BCUT2D eigenvalue weighted by molar-refractivity contribution is -0.114. The molecule has 0 atom stereocenters. The summed E-state index contributed by atoms with van der Waals surface area (Å²) in [5, 5.41) is 2.61. The predicted octanol–water partition coefficient (Wildman–Crippen LogP) is 2.19. The highest BCUT2D eigenvalue weighted by Gasteiger charge is 2.28. The molecule has 100 valence electrons. The van der Waals surface area contributed by atoms with E-state index in [9.17, 15) is 13.2 Å². The Hall–Kier alpha value is -1.56. The molecule has 1 aromatic carbocycles. The zero-order chi connectivity index (χ0) is 14.0. The Labute approximate surface area is 108 Å². The van der Waals surface area contributed by atoms with Gasteiger partial charge < -0.3 is 5.32 Å². The summed E-state index contributed by atoms with van der Waals surface area (Å²) < 4.78 is 25.4. The molecular formula is C12H18N2O3S. The summed E-state index contributed by atoms with van der Waals surface area (Å²) in [6.07, 6.45) is 0. The quantitative estimate of drug-likeness (QED) is 0.884. The molecule has 0 fully saturated rings. The van der Waals surface area contributed by atoms with Crippen LogP contribution in [0.1, 0.15) is 27.7 Å². The Morgan fingerprint density at radius 2 is 1.50 bits per heavy atom. The molecule has 0 aliphatic rings. The maximum absolute atomic E-state index is 11.9. The fourth-order valence-corrected chi connectivity index (χ4v) is 1.89. The van der Waals surface area contributed by atoms with Crippen LogP contribution in [0.3, 0.4) is 0 Å². The molecule has 6 heteroatoms. The van der Waals surface area contributed by atoms with Crippen LogP contribution in [0.15, 0.2) is 24.3 Å². The lowest BCUT2D eigenvalue weighted by Gasteiger charge is -2.20. The van der Waals surface area contributed by atoms with E-state index in [0.29, 0.717) is 11.4 Å². The number of hydrogen-bond donors (Lipinski definition) is 2. The second-order valence-electron chi connectivity index (χ2n) is 4.98. The first kappa shape index (κ1) is 14.5. The molecule has 0 aromatic heterocycles. The molecule has 0 unspecified atom stereocenters. The van der Waals surface area contributed by atoms with E-state index >= 15 is 0 Å². The molecule has 18 heavy (non-hydrogen) atoms. The van der Waals surface area contributed by atoms with Crippen LogP contribution >= 0.6 is 0 Å². The van der Waals surface area contributed by atoms with Crippen molar-refractivity contribution in [2.24, 2.45) is 0 Å². The molecule has 0 heterocycles. The van der Waals surface area contributed by atoms with Crippen molar-refractivity contribution in [2.45, 2.75) is 32.4 Å². The number of sulfonamides is 1. The monoisotopic (exact) mass is 270 g/mol. The summed E-state index contributed by atoms with van der Waals surface area (Å²) in [5.41, 5.74) is 1.10. The molecule has 1 amide bonds. The minimum absolute atomic E-state index is 0.168. The van der Waals surface area contributed by atoms with Gasteiger partial charge in [0, 0.05) is 18.3 Å². The molecule has 0 saturated heterocycles. The summed E-state index contributed by atoms with van der Waals surface area (Å²) in [7, 11) is -3.42. The van der Waals surface area contributed by atoms with E-state index in [1.807, 2.05) is 0 Å². The Balaban J connectivity index is 2.85. The van der Waals surface area contributed by atoms with E-state index in [2.05, 4.69) is 10.0 Å². The fourth-order valence-electron chi connectivity index (χ4n) is 1.13. The van der Waals surface area contributed by atoms with Crippen molar-refractivity contribution in [3.05, 3.63) is 24.3 Å². The van der Waals surface area contributed by atoms with E-state index < -0.39 is 14.8 Å². The standard InChI is InChI=1S/C12H18N2O3S/c1-9(15)13-10-5-7-11(8-6-10)14-18(16,17)12(2,3)4/h5-8,14H,1-4H3,(H,13,15). The molecule has 0 saturated carbocycles. The van der Waals surface area contributed by atoms with Crippen LogP contribution in [0, 0.1) is 0 Å². The summed E-state index contributed by atoms with van der Waals surface area (Å²) in [5.74, 6) is -0.168. The van der Waals surface area contributed by atoms with Crippen molar-refractivity contribution in [3.63, 3.8) is 0 Å². The van der Waals surface area contributed by atoms with Crippen LogP contribution in [0.25, 0.3) is 0 Å². The van der Waals surface area contributed by atoms with Crippen molar-refractivity contribution in [2.75, 3.05) is 10.0 Å². The van der Waals surface area contributed by atoms with Crippen LogP contribution in [0.5, 0.6) is 0 Å². The van der Waals surface area contributed by atoms with Crippen LogP contribution in [0.4, 0.5) is 11.4 Å². The van der Waals surface area contributed by atoms with Crippen LogP contribution in [-0.2, 0) is 14.8 Å². The summed E-state index contributed by atoms with van der Waals surface area (Å²) in [6.45, 7) is 6.29. The number of carbonyl (C=O) groups is 1. The Morgan fingerprint density at radius 1 is 1.06 bits per heavy atom. The Bertz CT molecular complexity index is 527. The highest BCUT2D eigenvalue weighted by atomic mass is 32.2. The van der Waals surface area contributed by atoms with Gasteiger partial charge in [-0.2, -0.15) is 0 Å². The van der Waals surface area contributed by atoms with E-state index in [0.717, 1.165) is 0 Å². The highest BCUT2D eigenvalue weighted by Crippen LogP contribution is 2.20. The largest absolute Gasteiger partial charge is 0.326 e. The van der Waals surface area contributed by atoms with Crippen molar-refractivity contribution in [1.29, 1.82) is 0 Å². The van der Waals surface area contributed by atoms with Gasteiger partial charge in [0.15, 0.2) is 0 Å². The van der Waals surface area contributed by atoms with Gasteiger partial charge in [-0.1, -0.05) is 0 Å². The fraction of sp³-hybridized carbons (Fsp3) is 0.417. The Morgan fingerprint density at radius 3 is 1.89 bits per heavy atom. The normalized spacial score (nSPS) is 12.0. The molecule has 0 spiro atoms. The number of hydrogen-bond acceptors (Lipinski definition) is 3. The molecule has 5 nitrogen and oxygen atoms in total. The highest BCUT2D eigenvalue weighted by molar-refractivity contribution is 7.94. The number of amides is 1. The minimum Gasteiger partial charge on any atom is -0.326 e. The van der Waals surface area contributed by atoms with Gasteiger partial charge in [-0.25, -0.2) is 8.42 Å². The number of benzene rings is 1. The van der Waals surface area contributed by atoms with E-state index in [1.54, 1.807) is 45.0 Å². The minimum atomic E-state index is -3.42. The molecule has 1 aromatic rings. The first-order chi connectivity index (χ1) is 8.12. The zero-order valence-electron chi connectivity index (χ0n) is 10.9. The molecule has 0 aliphatic carbocycles. The van der Waals surface area contributed by atoms with Crippen LogP contribution in [0.2, 0.25) is 0 Å². The molecule has 1 rings (SSSR count). The predicted molar refractivity (Wildman–Crippen MR) is 73.0 cm³/mol. The third kappa shape index (κ3) is 3.73. The van der Waals surface area contributed by atoms with Gasteiger partial charge in [-0.15, -0.1) is 0 Å². The van der Waals surface area contributed by atoms with Crippen molar-refractivity contribution in [1.82, 2.24) is 0 Å². The van der Waals surface area contributed by atoms with E-state index in [4.69, 9.17) is 0 Å². The first-order valence-corrected chi connectivity index (χ1v) is 7.00. The van der Waals surface area contributed by atoms with Crippen LogP contribution < -0.4 is 10.0 Å². The van der Waals surface area contributed by atoms with Gasteiger partial charge in [0.2, 0.25) is 15.9 Å². The first-order valence-electron chi connectivity index (χ1n) is 5.52. The van der Waals surface area contributed by atoms with Crippen LogP contribution in [-0.4, -0.2) is 19.1 Å². The van der Waals surface area contributed by atoms with Gasteiger partial charge in [-0.3, -0.25) is 9.52 Å². The average Bonchev–Trinajstić information content (AvgIpc) is 2.18. The number of nitrogens with one attached hydrogen (secondary N) is 2. The van der Waals surface area contributed by atoms with Crippen molar-refractivity contribution < 1.29 is 13.2 Å². The topological polar surface area (TPSA) is 75.3 Å². The summed E-state index contributed by atoms with van der Waals surface area (Å²) >= 11 is 0. The third-order valence-corrected chi connectivity index (χ3v) is 4.38. The lowest BCUT2D eigenvalue weighted by atomic mass is 10.3. The number of anilines is 2. The van der Waals surface area contributed by atoms with Crippen molar-refractivity contribution >= 4 is 27.3 Å². The van der Waals surface area contributed by atoms with Gasteiger partial charge in [0.1, 0.15) is 0 Å². The number of rotatable bonds is 3. The third-order valence-electron chi connectivity index (χ3n) is 2.26. The SMILES string of the molecule is CC(=O)Nc1ccc(NS(=O)(=O)C(C)(C)C)cc1. The molecule has 2 N–H and O–H groups in total. The molecule has 0 aliphatic heterocycles. The summed E-state index contributed by atoms with van der Waals surface area (Å²) in [6, 6.07) is 6.49. The molecular weight excluding hydrogens is 252 g/mol. The summed E-state index contributed by atoms with van der Waals surface area (Å²) in [4.78, 5) is 10.8. The smallest absolute Gasteiger partial charge is 0.237 e. The zero-order valence-corrected chi connectivity index (χ0v) is 11.8. The maximum Gasteiger partial charge on any atom is 0.237 e. The van der Waals surface area contributed by atoms with Gasteiger partial charge in [0.25, 0.3) is 0 Å². The second kappa shape index (κ2) is 4.97. The molecule has 0 bridgehead atoms. The number of carbonyl (C=O) groups excluding carboxylic acids is 1. The van der Waals surface area contributed by atoms with Crippen molar-refractivity contribution in [3.8, 4) is 0 Å². The second-order valence-corrected chi connectivity index (χ2v) is 7.41. The van der Waals surface area contributed by atoms with Gasteiger partial charge in [0.05, 0.1) is 4.75 Å².